The summed E-state index contributed by atoms with van der Waals surface area (Å²) < 4.78 is 64.8. The van der Waals surface area contributed by atoms with Gasteiger partial charge in [-0.3, -0.25) is 14.7 Å². The second kappa shape index (κ2) is 16.3. The molecule has 3 rings (SSSR count). The first kappa shape index (κ1) is 34.7. The number of sulfone groups is 1. The minimum atomic E-state index is -3.34. The van der Waals surface area contributed by atoms with E-state index in [0.717, 1.165) is 5.56 Å². The Labute approximate surface area is 257 Å². The molecule has 0 radical (unpaired) electrons. The van der Waals surface area contributed by atoms with Gasteiger partial charge in [0.05, 0.1) is 48.9 Å². The molecule has 0 aliphatic rings. The molecule has 14 heteroatoms. The van der Waals surface area contributed by atoms with Gasteiger partial charge < -0.3 is 23.3 Å². The van der Waals surface area contributed by atoms with E-state index in [0.29, 0.717) is 35.4 Å². The fourth-order valence-electron chi connectivity index (χ4n) is 4.00. The maximum atomic E-state index is 13.2. The lowest BCUT2D eigenvalue weighted by Gasteiger charge is -2.16. The average Bonchev–Trinajstić information content (AvgIpc) is 3.39. The molecule has 0 bridgehead atoms. The predicted molar refractivity (Wildman–Crippen MR) is 166 cm³/mol. The van der Waals surface area contributed by atoms with E-state index in [9.17, 15) is 17.8 Å². The van der Waals surface area contributed by atoms with E-state index in [4.69, 9.17) is 23.3 Å². The highest BCUT2D eigenvalue weighted by atomic mass is 32.2. The highest BCUT2D eigenvalue weighted by Crippen LogP contribution is 2.51. The van der Waals surface area contributed by atoms with Gasteiger partial charge in [0.2, 0.25) is 0 Å². The van der Waals surface area contributed by atoms with E-state index in [2.05, 4.69) is 10.3 Å². The number of carbonyl (C=O) groups excluding carboxylic acids is 1. The van der Waals surface area contributed by atoms with Gasteiger partial charge in [0, 0.05) is 30.5 Å². The number of ether oxygens (including phenoxy) is 3. The van der Waals surface area contributed by atoms with Crippen LogP contribution in [0.5, 0.6) is 11.5 Å². The second-order valence-electron chi connectivity index (χ2n) is 9.43. The molecule has 0 spiro atoms. The third-order valence-electron chi connectivity index (χ3n) is 5.98. The number of methoxy groups -OCH3 is 1. The van der Waals surface area contributed by atoms with Crippen molar-refractivity contribution in [1.29, 1.82) is 0 Å². The Morgan fingerprint density at radius 2 is 1.72 bits per heavy atom. The molecule has 0 aliphatic carbocycles. The maximum Gasteiger partial charge on any atom is 0.336 e. The number of hydrogen-bond acceptors (Lipinski definition) is 11. The summed E-state index contributed by atoms with van der Waals surface area (Å²) in [6.45, 7) is 8.06. The van der Waals surface area contributed by atoms with Crippen molar-refractivity contribution in [2.75, 3.05) is 44.6 Å². The van der Waals surface area contributed by atoms with E-state index < -0.39 is 23.3 Å². The van der Waals surface area contributed by atoms with Gasteiger partial charge in [0.25, 0.3) is 5.91 Å². The lowest BCUT2D eigenvalue weighted by molar-refractivity contribution is 0.0914. The Bertz CT molecular complexity index is 1480. The molecule has 0 saturated heterocycles. The van der Waals surface area contributed by atoms with Crippen LogP contribution in [0.1, 0.15) is 49.3 Å². The summed E-state index contributed by atoms with van der Waals surface area (Å²) in [5.74, 6) is 0.462. The van der Waals surface area contributed by atoms with Crippen molar-refractivity contribution in [2.45, 2.75) is 51.3 Å². The van der Waals surface area contributed by atoms with Gasteiger partial charge in [0.15, 0.2) is 15.0 Å². The van der Waals surface area contributed by atoms with E-state index in [1.165, 1.54) is 11.3 Å². The van der Waals surface area contributed by atoms with Gasteiger partial charge >= 0.3 is 7.60 Å². The zero-order valence-electron chi connectivity index (χ0n) is 25.0. The normalized spacial score (nSPS) is 12.6. The van der Waals surface area contributed by atoms with Crippen LogP contribution in [0.3, 0.4) is 0 Å². The van der Waals surface area contributed by atoms with Crippen molar-refractivity contribution in [2.24, 2.45) is 0 Å². The topological polar surface area (TPSA) is 139 Å². The summed E-state index contributed by atoms with van der Waals surface area (Å²) in [5.41, 5.74) is 1.68. The fraction of sp³-hybridized carbons (Fsp3) is 0.448. The average molecular weight is 655 g/mol. The molecule has 0 fully saturated rings. The van der Waals surface area contributed by atoms with Crippen molar-refractivity contribution < 1.29 is 41.0 Å². The number of benzene rings is 2. The standard InChI is InChI=1S/C29H39N2O9PS2/c1-6-38-41(33,39-7-2)19-24-20-42-29(30-24)31-28(32)23-15-25(17-26(16-23)40-21(4)18-36-5)37-14-13-22-9-11-27(12-10-22)43(34,35)8-3/h9-12,15-17,20-21H,6-8,13-14,18-19H2,1-5H3,(H,30,31,32)/t21-/m0/s1. The number of thiazole rings is 1. The summed E-state index contributed by atoms with van der Waals surface area (Å²) in [7, 11) is -5.02. The maximum absolute atomic E-state index is 13.2. The molecular weight excluding hydrogens is 615 g/mol. The van der Waals surface area contributed by atoms with Crippen LogP contribution in [0.4, 0.5) is 5.13 Å². The molecule has 2 aromatic carbocycles. The second-order valence-corrected chi connectivity index (χ2v) is 14.6. The zero-order valence-corrected chi connectivity index (χ0v) is 27.6. The SMILES string of the molecule is CCOP(=O)(Cc1csc(NC(=O)c2cc(OCCc3ccc(S(=O)(=O)CC)cc3)cc(O[C@@H](C)COC)c2)n1)OCC. The first-order chi connectivity index (χ1) is 20.5. The van der Waals surface area contributed by atoms with Crippen LogP contribution in [-0.4, -0.2) is 64.7 Å². The summed E-state index contributed by atoms with van der Waals surface area (Å²) >= 11 is 1.20. The third-order valence-corrected chi connectivity index (χ3v) is 10.6. The lowest BCUT2D eigenvalue weighted by atomic mass is 10.1. The number of hydrogen-bond donors (Lipinski definition) is 1. The van der Waals surface area contributed by atoms with E-state index in [1.54, 1.807) is 75.7 Å². The van der Waals surface area contributed by atoms with E-state index in [-0.39, 0.29) is 48.3 Å². The van der Waals surface area contributed by atoms with Crippen LogP contribution < -0.4 is 14.8 Å². The largest absolute Gasteiger partial charge is 0.493 e. The van der Waals surface area contributed by atoms with Crippen LogP contribution in [0.2, 0.25) is 0 Å². The van der Waals surface area contributed by atoms with Crippen LogP contribution >= 0.6 is 18.9 Å². The van der Waals surface area contributed by atoms with Crippen molar-refractivity contribution in [1.82, 2.24) is 4.98 Å². The van der Waals surface area contributed by atoms with Crippen molar-refractivity contribution in [3.8, 4) is 11.5 Å². The first-order valence-electron chi connectivity index (χ1n) is 13.9. The highest BCUT2D eigenvalue weighted by molar-refractivity contribution is 7.91. The highest BCUT2D eigenvalue weighted by Gasteiger charge is 2.26. The number of carbonyl (C=O) groups is 1. The Hall–Kier alpha value is -2.80. The molecule has 1 heterocycles. The van der Waals surface area contributed by atoms with Gasteiger partial charge in [-0.2, -0.15) is 0 Å². The van der Waals surface area contributed by atoms with Gasteiger partial charge in [0.1, 0.15) is 17.6 Å². The summed E-state index contributed by atoms with van der Waals surface area (Å²) in [5, 5.41) is 4.81. The number of nitrogens with one attached hydrogen (secondary N) is 1. The molecular formula is C29H39N2O9PS2. The van der Waals surface area contributed by atoms with Gasteiger partial charge in [-0.15, -0.1) is 11.3 Å². The zero-order chi connectivity index (χ0) is 31.5. The fourth-order valence-corrected chi connectivity index (χ4v) is 7.31. The van der Waals surface area contributed by atoms with E-state index >= 15 is 0 Å². The monoisotopic (exact) mass is 654 g/mol. The van der Waals surface area contributed by atoms with Gasteiger partial charge in [-0.1, -0.05) is 19.1 Å². The molecule has 0 saturated carbocycles. The van der Waals surface area contributed by atoms with Gasteiger partial charge in [-0.05, 0) is 50.6 Å². The lowest BCUT2D eigenvalue weighted by Crippen LogP contribution is -2.19. The number of anilines is 1. The minimum Gasteiger partial charge on any atom is -0.493 e. The molecule has 1 N–H and O–H groups in total. The Morgan fingerprint density at radius 1 is 1.05 bits per heavy atom. The smallest absolute Gasteiger partial charge is 0.336 e. The van der Waals surface area contributed by atoms with Crippen LogP contribution in [-0.2, 0) is 40.8 Å². The van der Waals surface area contributed by atoms with Crippen LogP contribution in [0.15, 0.2) is 52.7 Å². The minimum absolute atomic E-state index is 0.00308. The summed E-state index contributed by atoms with van der Waals surface area (Å²) in [4.78, 5) is 17.9. The van der Waals surface area contributed by atoms with E-state index in [1.807, 2.05) is 6.92 Å². The molecule has 1 aromatic heterocycles. The molecule has 3 aromatic rings. The molecule has 236 valence electrons. The quantitative estimate of drug-likeness (QED) is 0.163. The predicted octanol–water partition coefficient (Wildman–Crippen LogP) is 5.99. The summed E-state index contributed by atoms with van der Waals surface area (Å²) in [6, 6.07) is 11.6. The Morgan fingerprint density at radius 3 is 2.35 bits per heavy atom. The molecule has 1 atom stereocenters. The number of rotatable bonds is 18. The van der Waals surface area contributed by atoms with Crippen LogP contribution in [0, 0.1) is 0 Å². The Kier molecular flexibility index (Phi) is 13.2. The van der Waals surface area contributed by atoms with Crippen LogP contribution in [0.25, 0.3) is 0 Å². The molecule has 0 unspecified atom stereocenters. The van der Waals surface area contributed by atoms with Crippen molar-refractivity contribution in [3.63, 3.8) is 0 Å². The molecule has 0 aliphatic heterocycles. The number of amides is 1. The van der Waals surface area contributed by atoms with Crippen molar-refractivity contribution >= 4 is 39.8 Å². The first-order valence-corrected chi connectivity index (χ1v) is 18.2. The molecule has 11 nitrogen and oxygen atoms in total. The number of aromatic nitrogens is 1. The Balaban J connectivity index is 1.72. The number of nitrogens with zero attached hydrogens (tertiary/aromatic N) is 1. The van der Waals surface area contributed by atoms with Gasteiger partial charge in [-0.25, -0.2) is 13.4 Å². The summed E-state index contributed by atoms with van der Waals surface area (Å²) in [6.07, 6.45) is 0.243. The molecule has 43 heavy (non-hydrogen) atoms. The van der Waals surface area contributed by atoms with Crippen molar-refractivity contribution in [3.05, 3.63) is 64.7 Å². The molecule has 1 amide bonds. The third kappa shape index (κ3) is 10.7.